The fourth-order valence-corrected chi connectivity index (χ4v) is 1.68. The summed E-state index contributed by atoms with van der Waals surface area (Å²) in [5, 5.41) is 2.44. The van der Waals surface area contributed by atoms with Gasteiger partial charge in [-0.25, -0.2) is 0 Å². The number of Topliss-reactive ketones (excluding diaryl/α,β-unsaturated/α-hetero) is 1. The quantitative estimate of drug-likeness (QED) is 0.504. The first-order valence-electron chi connectivity index (χ1n) is 6.05. The molecule has 0 aromatic heterocycles. The zero-order valence-corrected chi connectivity index (χ0v) is 10.5. The Morgan fingerprint density at radius 3 is 2.74 bits per heavy atom. The van der Waals surface area contributed by atoms with E-state index < -0.39 is 11.7 Å². The van der Waals surface area contributed by atoms with E-state index >= 15 is 0 Å². The van der Waals surface area contributed by atoms with Gasteiger partial charge in [0.1, 0.15) is 0 Å². The number of rotatable bonds is 4. The third-order valence-corrected chi connectivity index (χ3v) is 2.62. The molecule has 100 valence electrons. The lowest BCUT2D eigenvalue weighted by Gasteiger charge is -2.08. The molecule has 0 radical (unpaired) electrons. The zero-order chi connectivity index (χ0) is 13.7. The van der Waals surface area contributed by atoms with Crippen LogP contribution < -0.4 is 14.8 Å². The van der Waals surface area contributed by atoms with Gasteiger partial charge >= 0.3 is 0 Å². The lowest BCUT2D eigenvalue weighted by Crippen LogP contribution is -2.31. The molecule has 0 atom stereocenters. The van der Waals surface area contributed by atoms with Crippen molar-refractivity contribution >= 4 is 11.7 Å². The fourth-order valence-electron chi connectivity index (χ4n) is 1.68. The zero-order valence-electron chi connectivity index (χ0n) is 10.5. The van der Waals surface area contributed by atoms with E-state index in [1.54, 1.807) is 12.1 Å². The molecule has 0 fully saturated rings. The van der Waals surface area contributed by atoms with Crippen LogP contribution in [0, 0.1) is 0 Å². The average molecular weight is 261 g/mol. The third kappa shape index (κ3) is 3.13. The molecule has 0 unspecified atom stereocenters. The molecule has 5 nitrogen and oxygen atoms in total. The van der Waals surface area contributed by atoms with E-state index in [0.29, 0.717) is 24.7 Å². The molecule has 0 saturated carbocycles. The minimum absolute atomic E-state index is 0.259. The number of fused-ring (bicyclic) bond motifs is 1. The minimum atomic E-state index is -0.658. The third-order valence-electron chi connectivity index (χ3n) is 2.62. The Morgan fingerprint density at radius 1 is 1.26 bits per heavy atom. The second-order valence-electron chi connectivity index (χ2n) is 4.04. The average Bonchev–Trinajstić information content (AvgIpc) is 2.68. The Hall–Kier alpha value is -2.30. The van der Waals surface area contributed by atoms with Crippen LogP contribution in [0.25, 0.3) is 0 Å². The van der Waals surface area contributed by atoms with Gasteiger partial charge in [0, 0.05) is 18.5 Å². The van der Waals surface area contributed by atoms with Gasteiger partial charge in [0.15, 0.2) is 11.5 Å². The first kappa shape index (κ1) is 13.1. The van der Waals surface area contributed by atoms with Crippen LogP contribution in [-0.4, -0.2) is 31.4 Å². The van der Waals surface area contributed by atoms with Crippen molar-refractivity contribution in [1.29, 1.82) is 0 Å². The van der Waals surface area contributed by atoms with Crippen LogP contribution in [0.1, 0.15) is 16.8 Å². The molecule has 5 heteroatoms. The summed E-state index contributed by atoms with van der Waals surface area (Å²) in [5.41, 5.74) is 0.283. The van der Waals surface area contributed by atoms with Gasteiger partial charge in [0.25, 0.3) is 5.91 Å². The highest BCUT2D eigenvalue weighted by atomic mass is 16.5. The van der Waals surface area contributed by atoms with E-state index in [2.05, 4.69) is 11.9 Å². The summed E-state index contributed by atoms with van der Waals surface area (Å²) in [5.74, 6) is -0.160. The number of carbonyl (C=O) groups excluding carboxylic acids is 2. The number of hydrogen-bond acceptors (Lipinski definition) is 4. The van der Waals surface area contributed by atoms with E-state index in [0.717, 1.165) is 6.42 Å². The minimum Gasteiger partial charge on any atom is -0.490 e. The standard InChI is InChI=1S/C14H15NO4/c1-2-6-15-14(17)13(16)10-4-5-11-12(9-10)19-8-3-7-18-11/h2,4-5,9H,1,3,6-8H2,(H,15,17). The smallest absolute Gasteiger partial charge is 0.292 e. The predicted octanol–water partition coefficient (Wildman–Crippen LogP) is 1.33. The number of ketones is 1. The van der Waals surface area contributed by atoms with Gasteiger partial charge in [-0.15, -0.1) is 6.58 Å². The van der Waals surface area contributed by atoms with Crippen LogP contribution in [0.3, 0.4) is 0 Å². The van der Waals surface area contributed by atoms with Gasteiger partial charge in [-0.2, -0.15) is 0 Å². The van der Waals surface area contributed by atoms with Crippen LogP contribution in [0.4, 0.5) is 0 Å². The molecular formula is C14H15NO4. The highest BCUT2D eigenvalue weighted by molar-refractivity contribution is 6.42. The van der Waals surface area contributed by atoms with Crippen molar-refractivity contribution < 1.29 is 19.1 Å². The van der Waals surface area contributed by atoms with Gasteiger partial charge in [0.05, 0.1) is 13.2 Å². The first-order valence-corrected chi connectivity index (χ1v) is 6.05. The predicted molar refractivity (Wildman–Crippen MR) is 69.6 cm³/mol. The highest BCUT2D eigenvalue weighted by Gasteiger charge is 2.18. The second-order valence-corrected chi connectivity index (χ2v) is 4.04. The normalized spacial score (nSPS) is 13.3. The molecule has 1 amide bonds. The summed E-state index contributed by atoms with van der Waals surface area (Å²) in [6.45, 7) is 4.85. The van der Waals surface area contributed by atoms with Gasteiger partial charge < -0.3 is 14.8 Å². The largest absolute Gasteiger partial charge is 0.490 e. The topological polar surface area (TPSA) is 64.6 Å². The maximum absolute atomic E-state index is 11.9. The van der Waals surface area contributed by atoms with Crippen molar-refractivity contribution in [3.8, 4) is 11.5 Å². The summed E-state index contributed by atoms with van der Waals surface area (Å²) in [6.07, 6.45) is 2.30. The van der Waals surface area contributed by atoms with E-state index in [1.807, 2.05) is 0 Å². The lowest BCUT2D eigenvalue weighted by atomic mass is 10.1. The molecule has 0 bridgehead atoms. The molecule has 19 heavy (non-hydrogen) atoms. The van der Waals surface area contributed by atoms with Crippen LogP contribution in [-0.2, 0) is 4.79 Å². The summed E-state index contributed by atoms with van der Waals surface area (Å²) in [7, 11) is 0. The van der Waals surface area contributed by atoms with E-state index in [1.165, 1.54) is 12.1 Å². The Balaban J connectivity index is 2.16. The molecule has 0 spiro atoms. The molecule has 1 aliphatic heterocycles. The van der Waals surface area contributed by atoms with Crippen molar-refractivity contribution in [2.45, 2.75) is 6.42 Å². The number of ether oxygens (including phenoxy) is 2. The molecular weight excluding hydrogens is 246 g/mol. The molecule has 1 heterocycles. The molecule has 0 aliphatic carbocycles. The van der Waals surface area contributed by atoms with E-state index in [4.69, 9.17) is 9.47 Å². The van der Waals surface area contributed by atoms with Crippen molar-refractivity contribution in [2.75, 3.05) is 19.8 Å². The molecule has 1 aromatic carbocycles. The van der Waals surface area contributed by atoms with E-state index in [9.17, 15) is 9.59 Å². The van der Waals surface area contributed by atoms with Crippen LogP contribution >= 0.6 is 0 Å². The maximum atomic E-state index is 11.9. The Labute approximate surface area is 111 Å². The maximum Gasteiger partial charge on any atom is 0.292 e. The van der Waals surface area contributed by atoms with Crippen molar-refractivity contribution in [1.82, 2.24) is 5.32 Å². The molecule has 0 saturated heterocycles. The number of amides is 1. The van der Waals surface area contributed by atoms with Crippen LogP contribution in [0.2, 0.25) is 0 Å². The molecule has 2 rings (SSSR count). The summed E-state index contributed by atoms with van der Waals surface area (Å²) < 4.78 is 10.9. The lowest BCUT2D eigenvalue weighted by molar-refractivity contribution is -0.116. The second kappa shape index (κ2) is 6.04. The number of benzene rings is 1. The first-order chi connectivity index (χ1) is 9.22. The fraction of sp³-hybridized carbons (Fsp3) is 0.286. The molecule has 1 aromatic rings. The number of carbonyl (C=O) groups is 2. The number of nitrogens with one attached hydrogen (secondary N) is 1. The van der Waals surface area contributed by atoms with Gasteiger partial charge in [-0.3, -0.25) is 9.59 Å². The van der Waals surface area contributed by atoms with E-state index in [-0.39, 0.29) is 12.1 Å². The van der Waals surface area contributed by atoms with Gasteiger partial charge in [-0.1, -0.05) is 6.08 Å². The summed E-state index contributed by atoms with van der Waals surface area (Å²) >= 11 is 0. The van der Waals surface area contributed by atoms with Crippen molar-refractivity contribution in [2.24, 2.45) is 0 Å². The van der Waals surface area contributed by atoms with Crippen molar-refractivity contribution in [3.05, 3.63) is 36.4 Å². The summed E-state index contributed by atoms with van der Waals surface area (Å²) in [6, 6.07) is 4.74. The van der Waals surface area contributed by atoms with Crippen molar-refractivity contribution in [3.63, 3.8) is 0 Å². The SMILES string of the molecule is C=CCNC(=O)C(=O)c1ccc2c(c1)OCCCO2. The molecule has 1 N–H and O–H groups in total. The van der Waals surface area contributed by atoms with Crippen LogP contribution in [0.15, 0.2) is 30.9 Å². The Kier molecular flexibility index (Phi) is 4.18. The van der Waals surface area contributed by atoms with Gasteiger partial charge in [-0.05, 0) is 18.2 Å². The summed E-state index contributed by atoms with van der Waals surface area (Å²) in [4.78, 5) is 23.4. The number of hydrogen-bond donors (Lipinski definition) is 1. The highest BCUT2D eigenvalue weighted by Crippen LogP contribution is 2.30. The van der Waals surface area contributed by atoms with Crippen LogP contribution in [0.5, 0.6) is 11.5 Å². The monoisotopic (exact) mass is 261 g/mol. The van der Waals surface area contributed by atoms with Gasteiger partial charge in [0.2, 0.25) is 5.78 Å². The Bertz CT molecular complexity index is 510. The molecule has 1 aliphatic rings. The Morgan fingerprint density at radius 2 is 2.00 bits per heavy atom.